The topological polar surface area (TPSA) is 19.6 Å². The van der Waals surface area contributed by atoms with Crippen molar-refractivity contribution in [1.29, 1.82) is 0 Å². The van der Waals surface area contributed by atoms with Crippen LogP contribution < -0.4 is 26.2 Å². The van der Waals surface area contributed by atoms with Crippen molar-refractivity contribution in [2.45, 2.75) is 38.5 Å². The smallest absolute Gasteiger partial charge is 0.252 e. The molecule has 0 saturated heterocycles. The zero-order chi connectivity index (χ0) is 42.6. The van der Waals surface area contributed by atoms with Crippen molar-refractivity contribution in [3.05, 3.63) is 210 Å². The molecule has 10 aromatic rings. The van der Waals surface area contributed by atoms with Crippen molar-refractivity contribution in [1.82, 2.24) is 0 Å². The summed E-state index contributed by atoms with van der Waals surface area (Å²) in [5.41, 5.74) is 25.8. The van der Waals surface area contributed by atoms with Crippen molar-refractivity contribution in [2.75, 3.05) is 9.80 Å². The predicted molar refractivity (Wildman–Crippen MR) is 268 cm³/mol. The Kier molecular flexibility index (Phi) is 7.05. The molecule has 2 aliphatic carbocycles. The van der Waals surface area contributed by atoms with Gasteiger partial charge in [0.2, 0.25) is 0 Å². The van der Waals surface area contributed by atoms with Crippen LogP contribution in [0.2, 0.25) is 0 Å². The maximum Gasteiger partial charge on any atom is 0.252 e. The Balaban J connectivity index is 0.936. The van der Waals surface area contributed by atoms with Crippen LogP contribution in [0.5, 0.6) is 0 Å². The summed E-state index contributed by atoms with van der Waals surface area (Å²) in [4.78, 5) is 4.95. The fourth-order valence-corrected chi connectivity index (χ4v) is 12.4. The summed E-state index contributed by atoms with van der Waals surface area (Å²) in [7, 11) is 0. The average Bonchev–Trinajstić information content (AvgIpc) is 3.90. The number of para-hydroxylation sites is 3. The number of benzene rings is 9. The van der Waals surface area contributed by atoms with Gasteiger partial charge in [0.05, 0.1) is 5.69 Å². The van der Waals surface area contributed by atoms with E-state index in [4.69, 9.17) is 4.42 Å². The molecule has 1 aromatic heterocycles. The van der Waals surface area contributed by atoms with Gasteiger partial charge in [0, 0.05) is 50.0 Å². The summed E-state index contributed by atoms with van der Waals surface area (Å²) < 4.78 is 7.08. The summed E-state index contributed by atoms with van der Waals surface area (Å²) in [5, 5.41) is 2.28. The van der Waals surface area contributed by atoms with Gasteiger partial charge in [-0.1, -0.05) is 161 Å². The zero-order valence-electron chi connectivity index (χ0n) is 36.3. The number of anilines is 6. The summed E-state index contributed by atoms with van der Waals surface area (Å²) in [6.07, 6.45) is 0. The lowest BCUT2D eigenvalue weighted by Crippen LogP contribution is -2.61. The van der Waals surface area contributed by atoms with Crippen LogP contribution in [0.25, 0.3) is 55.3 Å². The number of rotatable bonds is 3. The van der Waals surface area contributed by atoms with Crippen LogP contribution in [-0.2, 0) is 10.8 Å². The van der Waals surface area contributed by atoms with Gasteiger partial charge in [-0.2, -0.15) is 0 Å². The van der Waals surface area contributed by atoms with Crippen LogP contribution in [0, 0.1) is 0 Å². The maximum atomic E-state index is 7.08. The lowest BCUT2D eigenvalue weighted by atomic mass is 9.33. The van der Waals surface area contributed by atoms with Gasteiger partial charge in [-0.25, -0.2) is 0 Å². The second kappa shape index (κ2) is 12.5. The third-order valence-electron chi connectivity index (χ3n) is 15.2. The molecule has 3 nitrogen and oxygen atoms in total. The van der Waals surface area contributed by atoms with Crippen molar-refractivity contribution in [2.24, 2.45) is 0 Å². The first kappa shape index (κ1) is 36.0. The molecule has 2 aliphatic heterocycles. The molecule has 0 saturated carbocycles. The summed E-state index contributed by atoms with van der Waals surface area (Å²) in [6.45, 7) is 9.47. The van der Waals surface area contributed by atoms with Gasteiger partial charge >= 0.3 is 0 Å². The van der Waals surface area contributed by atoms with Gasteiger partial charge < -0.3 is 14.2 Å². The van der Waals surface area contributed by atoms with Gasteiger partial charge in [0.1, 0.15) is 5.58 Å². The Morgan fingerprint density at radius 2 is 0.953 bits per heavy atom. The minimum atomic E-state index is -0.112. The molecule has 14 rings (SSSR count). The summed E-state index contributed by atoms with van der Waals surface area (Å²) in [5.74, 6) is 0. The molecule has 0 bridgehead atoms. The molecule has 0 amide bonds. The first-order valence-electron chi connectivity index (χ1n) is 22.6. The fourth-order valence-electron chi connectivity index (χ4n) is 12.4. The van der Waals surface area contributed by atoms with E-state index in [1.54, 1.807) is 0 Å². The van der Waals surface area contributed by atoms with E-state index in [2.05, 4.69) is 226 Å². The summed E-state index contributed by atoms with van der Waals surface area (Å²) in [6, 6.07) is 70.1. The molecule has 9 aromatic carbocycles. The van der Waals surface area contributed by atoms with E-state index in [1.807, 2.05) is 0 Å². The second-order valence-electron chi connectivity index (χ2n) is 19.2. The van der Waals surface area contributed by atoms with Crippen LogP contribution in [-0.4, -0.2) is 6.71 Å². The molecule has 3 heterocycles. The molecule has 0 fully saturated rings. The van der Waals surface area contributed by atoms with E-state index in [0.717, 1.165) is 33.3 Å². The third kappa shape index (κ3) is 4.57. The highest BCUT2D eigenvalue weighted by Crippen LogP contribution is 2.54. The molecule has 4 aliphatic rings. The Morgan fingerprint density at radius 3 is 1.70 bits per heavy atom. The highest BCUT2D eigenvalue weighted by atomic mass is 16.3. The molecule has 0 N–H and O–H groups in total. The first-order chi connectivity index (χ1) is 31.3. The molecule has 64 heavy (non-hydrogen) atoms. The number of hydrogen-bond acceptors (Lipinski definition) is 3. The lowest BCUT2D eigenvalue weighted by molar-refractivity contribution is 0.647. The summed E-state index contributed by atoms with van der Waals surface area (Å²) >= 11 is 0. The van der Waals surface area contributed by atoms with E-state index in [9.17, 15) is 0 Å². The monoisotopic (exact) mass is 818 g/mol. The Bertz CT molecular complexity index is 3650. The molecule has 302 valence electrons. The van der Waals surface area contributed by atoms with Crippen molar-refractivity contribution >= 4 is 79.2 Å². The van der Waals surface area contributed by atoms with Crippen molar-refractivity contribution < 1.29 is 4.42 Å². The first-order valence-corrected chi connectivity index (χ1v) is 22.6. The second-order valence-corrected chi connectivity index (χ2v) is 19.2. The van der Waals surface area contributed by atoms with Crippen molar-refractivity contribution in [3.63, 3.8) is 0 Å². The van der Waals surface area contributed by atoms with Gasteiger partial charge in [-0.05, 0) is 127 Å². The maximum absolute atomic E-state index is 7.08. The molecule has 0 atom stereocenters. The Morgan fingerprint density at radius 1 is 0.406 bits per heavy atom. The van der Waals surface area contributed by atoms with Crippen LogP contribution in [0.15, 0.2) is 192 Å². The Hall–Kier alpha value is -7.56. The quantitative estimate of drug-likeness (QED) is 0.166. The number of furan rings is 1. The number of nitrogens with zero attached hydrogens (tertiary/aromatic N) is 2. The normalized spacial score (nSPS) is 15.3. The highest BCUT2D eigenvalue weighted by Gasteiger charge is 2.44. The molecule has 0 unspecified atom stereocenters. The largest absolute Gasteiger partial charge is 0.454 e. The van der Waals surface area contributed by atoms with Crippen LogP contribution >= 0.6 is 0 Å². The van der Waals surface area contributed by atoms with E-state index in [0.29, 0.717) is 0 Å². The van der Waals surface area contributed by atoms with Crippen LogP contribution in [0.3, 0.4) is 0 Å². The standard InChI is InChI=1S/C60H43BN2O/c1-59(2)45-21-7-6-17-40(45)43-34-44-42-20-14-29-54(58(42)64-55(44)35-47(43)59)63-51-26-12-10-24-49(51)61-48-23-9-11-25-50(48)62(52-27-15-28-53(63)57(52)61)37-32-30-36(31-33-37)38-18-13-19-41-39-16-5-8-22-46(39)60(3,4)56(38)41/h5-35H,1-4H3. The van der Waals surface area contributed by atoms with E-state index >= 15 is 0 Å². The Labute approximate surface area is 373 Å². The van der Waals surface area contributed by atoms with Gasteiger partial charge in [0.25, 0.3) is 6.71 Å². The molecular weight excluding hydrogens is 775 g/mol. The van der Waals surface area contributed by atoms with Crippen LogP contribution in [0.1, 0.15) is 49.9 Å². The molecule has 0 radical (unpaired) electrons. The number of fused-ring (bicyclic) bond motifs is 13. The fraction of sp³-hybridized carbons (Fsp3) is 0.100. The van der Waals surface area contributed by atoms with Crippen LogP contribution in [0.4, 0.5) is 34.1 Å². The predicted octanol–water partition coefficient (Wildman–Crippen LogP) is 13.9. The number of hydrogen-bond donors (Lipinski definition) is 0. The third-order valence-corrected chi connectivity index (χ3v) is 15.2. The van der Waals surface area contributed by atoms with Gasteiger partial charge in [0.15, 0.2) is 5.58 Å². The lowest BCUT2D eigenvalue weighted by Gasteiger charge is -2.44. The van der Waals surface area contributed by atoms with E-state index < -0.39 is 0 Å². The van der Waals surface area contributed by atoms with Gasteiger partial charge in [-0.3, -0.25) is 0 Å². The van der Waals surface area contributed by atoms with Crippen molar-refractivity contribution in [3.8, 4) is 33.4 Å². The van der Waals surface area contributed by atoms with Gasteiger partial charge in [-0.15, -0.1) is 0 Å². The van der Waals surface area contributed by atoms with E-state index in [-0.39, 0.29) is 17.5 Å². The SMILES string of the molecule is CC1(C)c2ccccc2-c2cc3c(cc21)oc1c(N2c4ccccc4B4c5ccccc5N(c5ccc(-c6cccc7c6C(C)(C)c6ccccc6-7)cc5)c5cccc2c54)cccc13. The molecular formula is C60H43BN2O. The molecule has 0 spiro atoms. The highest BCUT2D eigenvalue weighted by molar-refractivity contribution is 7.00. The minimum absolute atomic E-state index is 0.0568. The zero-order valence-corrected chi connectivity index (χ0v) is 36.3. The minimum Gasteiger partial charge on any atom is -0.454 e. The van der Waals surface area contributed by atoms with E-state index in [1.165, 1.54) is 94.8 Å². The molecule has 4 heteroatoms. The average molecular weight is 819 g/mol.